The van der Waals surface area contributed by atoms with Crippen LogP contribution in [0.2, 0.25) is 0 Å². The largest absolute Gasteiger partial charge is 0.468 e. The number of carbonyl (C=O) groups excluding carboxylic acids is 4. The molecule has 1 amide bonds. The topological polar surface area (TPSA) is 108 Å². The number of amides is 1. The number of hydrogen-bond donors (Lipinski definition) is 1. The molecule has 0 radical (unpaired) electrons. The number of hydrogen-bond acceptors (Lipinski definition) is 7. The summed E-state index contributed by atoms with van der Waals surface area (Å²) in [5.74, 6) is -2.42. The summed E-state index contributed by atoms with van der Waals surface area (Å²) >= 11 is 0. The van der Waals surface area contributed by atoms with Crippen LogP contribution in [-0.4, -0.2) is 49.7 Å². The fourth-order valence-electron chi connectivity index (χ4n) is 2.00. The number of ether oxygens (including phenoxy) is 3. The second kappa shape index (κ2) is 11.4. The first-order chi connectivity index (χ1) is 11.6. The highest BCUT2D eigenvalue weighted by molar-refractivity contribution is 6.00. The number of methoxy groups -OCH3 is 1. The monoisotopic (exact) mass is 359 g/mol. The Morgan fingerprint density at radius 2 is 1.72 bits per heavy atom. The molecule has 0 saturated heterocycles. The highest BCUT2D eigenvalue weighted by Crippen LogP contribution is 2.14. The van der Waals surface area contributed by atoms with E-state index in [0.717, 1.165) is 0 Å². The SMILES string of the molecule is CCOC(=O)CCCCC(C(=O)CNC(=O)OC(C)(C)C)C(=O)OC. The zero-order valence-corrected chi connectivity index (χ0v) is 15.7. The Morgan fingerprint density at radius 1 is 1.08 bits per heavy atom. The van der Waals surface area contributed by atoms with E-state index in [4.69, 9.17) is 9.47 Å². The number of nitrogens with one attached hydrogen (secondary N) is 1. The van der Waals surface area contributed by atoms with Gasteiger partial charge in [-0.1, -0.05) is 6.42 Å². The van der Waals surface area contributed by atoms with Crippen molar-refractivity contribution in [2.24, 2.45) is 5.92 Å². The van der Waals surface area contributed by atoms with Crippen LogP contribution < -0.4 is 5.32 Å². The molecule has 0 aromatic heterocycles. The van der Waals surface area contributed by atoms with Crippen molar-refractivity contribution >= 4 is 23.8 Å². The lowest BCUT2D eigenvalue weighted by Crippen LogP contribution is -2.39. The van der Waals surface area contributed by atoms with Gasteiger partial charge in [-0.25, -0.2) is 4.79 Å². The van der Waals surface area contributed by atoms with Gasteiger partial charge in [0.2, 0.25) is 0 Å². The smallest absolute Gasteiger partial charge is 0.408 e. The summed E-state index contributed by atoms with van der Waals surface area (Å²) < 4.78 is 14.5. The molecule has 1 N–H and O–H groups in total. The molecule has 8 nitrogen and oxygen atoms in total. The van der Waals surface area contributed by atoms with Gasteiger partial charge in [0.25, 0.3) is 0 Å². The maximum atomic E-state index is 12.2. The van der Waals surface area contributed by atoms with Crippen LogP contribution in [0.1, 0.15) is 53.4 Å². The van der Waals surface area contributed by atoms with E-state index in [1.165, 1.54) is 7.11 Å². The van der Waals surface area contributed by atoms with Gasteiger partial charge in [-0.3, -0.25) is 14.4 Å². The molecule has 1 atom stereocenters. The number of Topliss-reactive ketones (excluding diaryl/α,β-unsaturated/α-hetero) is 1. The average molecular weight is 359 g/mol. The molecule has 144 valence electrons. The Bertz CT molecular complexity index is 468. The molecule has 0 aliphatic heterocycles. The van der Waals surface area contributed by atoms with Crippen LogP contribution in [0.3, 0.4) is 0 Å². The average Bonchev–Trinajstić information content (AvgIpc) is 2.50. The van der Waals surface area contributed by atoms with Gasteiger partial charge in [0.1, 0.15) is 11.5 Å². The summed E-state index contributed by atoms with van der Waals surface area (Å²) in [5, 5.41) is 2.33. The molecule has 25 heavy (non-hydrogen) atoms. The van der Waals surface area contributed by atoms with Crippen molar-refractivity contribution in [2.45, 2.75) is 59.0 Å². The Balaban J connectivity index is 4.41. The number of esters is 2. The van der Waals surface area contributed by atoms with Crippen LogP contribution in [0.15, 0.2) is 0 Å². The van der Waals surface area contributed by atoms with E-state index in [2.05, 4.69) is 10.1 Å². The molecular formula is C17H29NO7. The summed E-state index contributed by atoms with van der Waals surface area (Å²) in [6.07, 6.45) is 0.717. The fraction of sp³-hybridized carbons (Fsp3) is 0.765. The summed E-state index contributed by atoms with van der Waals surface area (Å²) in [6, 6.07) is 0. The predicted molar refractivity (Wildman–Crippen MR) is 89.9 cm³/mol. The molecular weight excluding hydrogens is 330 g/mol. The van der Waals surface area contributed by atoms with Crippen molar-refractivity contribution in [1.29, 1.82) is 0 Å². The molecule has 0 spiro atoms. The summed E-state index contributed by atoms with van der Waals surface area (Å²) in [6.45, 7) is 6.83. The lowest BCUT2D eigenvalue weighted by atomic mass is 9.96. The molecule has 0 saturated carbocycles. The second-order valence-corrected chi connectivity index (χ2v) is 6.45. The van der Waals surface area contributed by atoms with Gasteiger partial charge in [0, 0.05) is 6.42 Å². The van der Waals surface area contributed by atoms with E-state index < -0.39 is 29.4 Å². The molecule has 0 aromatic rings. The first-order valence-corrected chi connectivity index (χ1v) is 8.33. The zero-order valence-electron chi connectivity index (χ0n) is 15.7. The van der Waals surface area contributed by atoms with Gasteiger partial charge < -0.3 is 19.5 Å². The predicted octanol–water partition coefficient (Wildman–Crippen LogP) is 1.99. The van der Waals surface area contributed by atoms with E-state index in [9.17, 15) is 19.2 Å². The lowest BCUT2D eigenvalue weighted by molar-refractivity contribution is -0.149. The summed E-state index contributed by atoms with van der Waals surface area (Å²) in [7, 11) is 1.20. The number of unbranched alkanes of at least 4 members (excludes halogenated alkanes) is 1. The van der Waals surface area contributed by atoms with E-state index in [1.807, 2.05) is 0 Å². The molecule has 0 aliphatic rings. The molecule has 0 bridgehead atoms. The summed E-state index contributed by atoms with van der Waals surface area (Å²) in [4.78, 5) is 46.8. The van der Waals surface area contributed by atoms with Gasteiger partial charge in [-0.2, -0.15) is 0 Å². The second-order valence-electron chi connectivity index (χ2n) is 6.45. The number of carbonyl (C=O) groups is 4. The molecule has 0 aromatic carbocycles. The Kier molecular flexibility index (Phi) is 10.5. The van der Waals surface area contributed by atoms with Crippen molar-refractivity contribution in [3.8, 4) is 0 Å². The Labute approximate surface area is 148 Å². The standard InChI is InChI=1S/C17H29NO7/c1-6-24-14(20)10-8-7-9-12(15(21)23-5)13(19)11-18-16(22)25-17(2,3)4/h12H,6-11H2,1-5H3,(H,18,22). The van der Waals surface area contributed by atoms with Crippen LogP contribution >= 0.6 is 0 Å². The lowest BCUT2D eigenvalue weighted by Gasteiger charge is -2.20. The van der Waals surface area contributed by atoms with Crippen molar-refractivity contribution in [1.82, 2.24) is 5.32 Å². The third-order valence-electron chi connectivity index (χ3n) is 3.11. The minimum atomic E-state index is -0.984. The van der Waals surface area contributed by atoms with Crippen molar-refractivity contribution in [2.75, 3.05) is 20.3 Å². The van der Waals surface area contributed by atoms with Crippen molar-refractivity contribution in [3.05, 3.63) is 0 Å². The van der Waals surface area contributed by atoms with Gasteiger partial charge in [0.15, 0.2) is 5.78 Å². The number of ketones is 1. The van der Waals surface area contributed by atoms with E-state index in [0.29, 0.717) is 19.4 Å². The van der Waals surface area contributed by atoms with Gasteiger partial charge in [-0.05, 0) is 40.5 Å². The van der Waals surface area contributed by atoms with Gasteiger partial charge in [-0.15, -0.1) is 0 Å². The van der Waals surface area contributed by atoms with Gasteiger partial charge >= 0.3 is 18.0 Å². The van der Waals surface area contributed by atoms with Crippen molar-refractivity contribution < 1.29 is 33.4 Å². The fourth-order valence-corrected chi connectivity index (χ4v) is 2.00. The zero-order chi connectivity index (χ0) is 19.5. The minimum absolute atomic E-state index is 0.228. The molecule has 0 rings (SSSR count). The third-order valence-corrected chi connectivity index (χ3v) is 3.11. The molecule has 0 heterocycles. The van der Waals surface area contributed by atoms with E-state index >= 15 is 0 Å². The first-order valence-electron chi connectivity index (χ1n) is 8.33. The maximum absolute atomic E-state index is 12.2. The highest BCUT2D eigenvalue weighted by Gasteiger charge is 2.27. The Hall–Kier alpha value is -2.12. The van der Waals surface area contributed by atoms with Crippen molar-refractivity contribution in [3.63, 3.8) is 0 Å². The van der Waals surface area contributed by atoms with Crippen LogP contribution in [0.4, 0.5) is 4.79 Å². The van der Waals surface area contributed by atoms with E-state index in [-0.39, 0.29) is 25.4 Å². The molecule has 8 heteroatoms. The van der Waals surface area contributed by atoms with Crippen LogP contribution in [0.25, 0.3) is 0 Å². The van der Waals surface area contributed by atoms with Crippen LogP contribution in [-0.2, 0) is 28.6 Å². The van der Waals surface area contributed by atoms with Crippen LogP contribution in [0, 0.1) is 5.92 Å². The number of alkyl carbamates (subject to hydrolysis) is 1. The molecule has 0 fully saturated rings. The number of rotatable bonds is 10. The normalized spacial score (nSPS) is 12.0. The van der Waals surface area contributed by atoms with E-state index in [1.54, 1.807) is 27.7 Å². The highest BCUT2D eigenvalue weighted by atomic mass is 16.6. The quantitative estimate of drug-likeness (QED) is 0.275. The first kappa shape index (κ1) is 22.9. The maximum Gasteiger partial charge on any atom is 0.408 e. The summed E-state index contributed by atoms with van der Waals surface area (Å²) in [5.41, 5.74) is -0.679. The molecule has 1 unspecified atom stereocenters. The molecule has 0 aliphatic carbocycles. The van der Waals surface area contributed by atoms with Crippen LogP contribution in [0.5, 0.6) is 0 Å². The Morgan fingerprint density at radius 3 is 2.24 bits per heavy atom. The third kappa shape index (κ3) is 11.1. The van der Waals surface area contributed by atoms with Gasteiger partial charge in [0.05, 0.1) is 20.3 Å². The minimum Gasteiger partial charge on any atom is -0.468 e.